The molecule has 0 aliphatic heterocycles. The van der Waals surface area contributed by atoms with E-state index in [1.165, 1.54) is 0 Å². The third kappa shape index (κ3) is 1.99. The van der Waals surface area contributed by atoms with Crippen molar-refractivity contribution in [2.24, 2.45) is 0 Å². The Labute approximate surface area is 87.6 Å². The van der Waals surface area contributed by atoms with Gasteiger partial charge < -0.3 is 5.73 Å². The number of benzene rings is 1. The molecule has 4 heteroatoms. The van der Waals surface area contributed by atoms with E-state index in [0.717, 1.165) is 14.5 Å². The summed E-state index contributed by atoms with van der Waals surface area (Å²) >= 11 is 6.64. The number of nitrogens with two attached hydrogens (primary N) is 1. The van der Waals surface area contributed by atoms with Gasteiger partial charge in [-0.3, -0.25) is 0 Å². The molecule has 0 radical (unpaired) electrons. The lowest BCUT2D eigenvalue weighted by atomic mass is 10.1. The molecule has 62 valence electrons. The summed E-state index contributed by atoms with van der Waals surface area (Å²) in [6.07, 6.45) is 0.333. The Morgan fingerprint density at radius 2 is 2.08 bits per heavy atom. The highest BCUT2D eigenvalue weighted by molar-refractivity contribution is 9.11. The van der Waals surface area contributed by atoms with Crippen LogP contribution in [0.3, 0.4) is 0 Å². The SMILES string of the molecule is N#CCc1c(N)cc(Br)cc1Br. The van der Waals surface area contributed by atoms with Crippen LogP contribution < -0.4 is 5.73 Å². The zero-order valence-electron chi connectivity index (χ0n) is 6.14. The zero-order valence-corrected chi connectivity index (χ0v) is 9.31. The minimum Gasteiger partial charge on any atom is -0.398 e. The quantitative estimate of drug-likeness (QED) is 0.808. The van der Waals surface area contributed by atoms with E-state index in [2.05, 4.69) is 37.9 Å². The Kier molecular flexibility index (Phi) is 3.12. The van der Waals surface area contributed by atoms with Crippen LogP contribution >= 0.6 is 31.9 Å². The molecule has 0 aromatic heterocycles. The first kappa shape index (κ1) is 9.56. The van der Waals surface area contributed by atoms with Gasteiger partial charge in [0.25, 0.3) is 0 Å². The maximum Gasteiger partial charge on any atom is 0.0670 e. The summed E-state index contributed by atoms with van der Waals surface area (Å²) in [6.45, 7) is 0. The summed E-state index contributed by atoms with van der Waals surface area (Å²) in [5.41, 5.74) is 7.18. The normalized spacial score (nSPS) is 9.42. The maximum absolute atomic E-state index is 8.50. The van der Waals surface area contributed by atoms with Crippen LogP contribution in [0.4, 0.5) is 5.69 Å². The highest BCUT2D eigenvalue weighted by atomic mass is 79.9. The van der Waals surface area contributed by atoms with Crippen molar-refractivity contribution >= 4 is 37.5 Å². The fraction of sp³-hybridized carbons (Fsp3) is 0.125. The Balaban J connectivity index is 3.21. The number of halogens is 2. The average Bonchev–Trinajstić information content (AvgIpc) is 1.96. The minimum absolute atomic E-state index is 0.333. The molecule has 1 aromatic carbocycles. The fourth-order valence-corrected chi connectivity index (χ4v) is 2.29. The van der Waals surface area contributed by atoms with Crippen LogP contribution in [-0.4, -0.2) is 0 Å². The number of anilines is 1. The number of rotatable bonds is 1. The van der Waals surface area contributed by atoms with Crippen LogP contribution in [0.2, 0.25) is 0 Å². The molecule has 0 amide bonds. The zero-order chi connectivity index (χ0) is 9.14. The van der Waals surface area contributed by atoms with Gasteiger partial charge in [0.15, 0.2) is 0 Å². The molecule has 0 aliphatic carbocycles. The molecule has 12 heavy (non-hydrogen) atoms. The lowest BCUT2D eigenvalue weighted by Gasteiger charge is -2.04. The number of nitrogens with zero attached hydrogens (tertiary/aromatic N) is 1. The molecular formula is C8H6Br2N2. The summed E-state index contributed by atoms with van der Waals surface area (Å²) in [4.78, 5) is 0. The summed E-state index contributed by atoms with van der Waals surface area (Å²) in [6, 6.07) is 5.73. The first-order valence-electron chi connectivity index (χ1n) is 3.25. The lowest BCUT2D eigenvalue weighted by Crippen LogP contribution is -1.94. The van der Waals surface area contributed by atoms with Gasteiger partial charge >= 0.3 is 0 Å². The van der Waals surface area contributed by atoms with Crippen LogP contribution in [-0.2, 0) is 6.42 Å². The van der Waals surface area contributed by atoms with Gasteiger partial charge in [0, 0.05) is 20.2 Å². The van der Waals surface area contributed by atoms with Gasteiger partial charge in [-0.25, -0.2) is 0 Å². The van der Waals surface area contributed by atoms with Crippen molar-refractivity contribution in [1.29, 1.82) is 5.26 Å². The molecule has 0 heterocycles. The van der Waals surface area contributed by atoms with E-state index >= 15 is 0 Å². The fourth-order valence-electron chi connectivity index (χ4n) is 0.889. The summed E-state index contributed by atoms with van der Waals surface area (Å²) in [5, 5.41) is 8.50. The molecule has 0 fully saturated rings. The van der Waals surface area contributed by atoms with E-state index in [0.29, 0.717) is 12.1 Å². The molecule has 2 N–H and O–H groups in total. The van der Waals surface area contributed by atoms with E-state index in [9.17, 15) is 0 Å². The van der Waals surface area contributed by atoms with Gasteiger partial charge in [0.1, 0.15) is 0 Å². The van der Waals surface area contributed by atoms with Gasteiger partial charge in [-0.05, 0) is 12.1 Å². The maximum atomic E-state index is 8.50. The third-order valence-electron chi connectivity index (χ3n) is 1.45. The second kappa shape index (κ2) is 3.92. The molecule has 0 bridgehead atoms. The molecule has 0 atom stereocenters. The highest BCUT2D eigenvalue weighted by Crippen LogP contribution is 2.27. The van der Waals surface area contributed by atoms with Crippen LogP contribution in [0.1, 0.15) is 5.56 Å². The third-order valence-corrected chi connectivity index (χ3v) is 2.62. The number of hydrogen-bond acceptors (Lipinski definition) is 2. The van der Waals surface area contributed by atoms with Gasteiger partial charge in [-0.15, -0.1) is 0 Å². The van der Waals surface area contributed by atoms with Gasteiger partial charge in [0.2, 0.25) is 0 Å². The molecule has 1 aromatic rings. The molecular weight excluding hydrogens is 284 g/mol. The molecule has 0 spiro atoms. The molecule has 0 unspecified atom stereocenters. The van der Waals surface area contributed by atoms with Crippen molar-refractivity contribution in [2.75, 3.05) is 5.73 Å². The lowest BCUT2D eigenvalue weighted by molar-refractivity contribution is 1.25. The molecule has 2 nitrogen and oxygen atoms in total. The number of nitriles is 1. The van der Waals surface area contributed by atoms with Gasteiger partial charge in [-0.2, -0.15) is 5.26 Å². The Morgan fingerprint density at radius 1 is 1.42 bits per heavy atom. The standard InChI is InChI=1S/C8H6Br2N2/c9-5-3-7(10)6(1-2-11)8(12)4-5/h3-4H,1,12H2. The average molecular weight is 290 g/mol. The van der Waals surface area contributed by atoms with Crippen LogP contribution in [0.25, 0.3) is 0 Å². The largest absolute Gasteiger partial charge is 0.398 e. The van der Waals surface area contributed by atoms with Crippen molar-refractivity contribution < 1.29 is 0 Å². The van der Waals surface area contributed by atoms with Gasteiger partial charge in [-0.1, -0.05) is 31.9 Å². The smallest absolute Gasteiger partial charge is 0.0670 e. The van der Waals surface area contributed by atoms with E-state index in [-0.39, 0.29) is 0 Å². The van der Waals surface area contributed by atoms with E-state index < -0.39 is 0 Å². The van der Waals surface area contributed by atoms with E-state index in [4.69, 9.17) is 11.0 Å². The Morgan fingerprint density at radius 3 is 2.58 bits per heavy atom. The molecule has 1 rings (SSSR count). The monoisotopic (exact) mass is 288 g/mol. The topological polar surface area (TPSA) is 49.8 Å². The van der Waals surface area contributed by atoms with Crippen LogP contribution in [0, 0.1) is 11.3 Å². The van der Waals surface area contributed by atoms with Crippen molar-refractivity contribution in [3.63, 3.8) is 0 Å². The highest BCUT2D eigenvalue weighted by Gasteiger charge is 2.04. The van der Waals surface area contributed by atoms with Crippen molar-refractivity contribution in [3.8, 4) is 6.07 Å². The first-order chi connectivity index (χ1) is 5.65. The van der Waals surface area contributed by atoms with Crippen molar-refractivity contribution in [2.45, 2.75) is 6.42 Å². The molecule has 0 aliphatic rings. The van der Waals surface area contributed by atoms with Crippen LogP contribution in [0.15, 0.2) is 21.1 Å². The second-order valence-electron chi connectivity index (χ2n) is 2.29. The summed E-state index contributed by atoms with van der Waals surface area (Å²) in [7, 11) is 0. The second-order valence-corrected chi connectivity index (χ2v) is 4.06. The number of hydrogen-bond donors (Lipinski definition) is 1. The van der Waals surface area contributed by atoms with E-state index in [1.807, 2.05) is 6.07 Å². The van der Waals surface area contributed by atoms with Crippen molar-refractivity contribution in [1.82, 2.24) is 0 Å². The van der Waals surface area contributed by atoms with Gasteiger partial charge in [0.05, 0.1) is 12.5 Å². The summed E-state index contributed by atoms with van der Waals surface area (Å²) in [5.74, 6) is 0. The minimum atomic E-state index is 0.333. The first-order valence-corrected chi connectivity index (χ1v) is 4.84. The summed E-state index contributed by atoms with van der Waals surface area (Å²) < 4.78 is 1.78. The Hall–Kier alpha value is -0.530. The molecule has 0 saturated heterocycles. The van der Waals surface area contributed by atoms with E-state index in [1.54, 1.807) is 6.07 Å². The predicted molar refractivity (Wildman–Crippen MR) is 55.6 cm³/mol. The van der Waals surface area contributed by atoms with Crippen LogP contribution in [0.5, 0.6) is 0 Å². The van der Waals surface area contributed by atoms with Crippen molar-refractivity contribution in [3.05, 3.63) is 26.6 Å². The Bertz CT molecular complexity index is 318. The molecule has 0 saturated carbocycles. The predicted octanol–water partition coefficient (Wildman–Crippen LogP) is 2.86. The number of nitrogen functional groups attached to an aromatic ring is 1.